The van der Waals surface area contributed by atoms with Gasteiger partial charge in [0.25, 0.3) is 0 Å². The number of carbonyl (C=O) groups excluding carboxylic acids is 1. The number of carbonyl (C=O) groups is 1. The highest BCUT2D eigenvalue weighted by molar-refractivity contribution is 6.26. The zero-order chi connectivity index (χ0) is 20.9. The number of aliphatic hydroxyl groups excluding tert-OH is 1. The van der Waals surface area contributed by atoms with Gasteiger partial charge in [0.1, 0.15) is 22.8 Å². The van der Waals surface area contributed by atoms with Crippen molar-refractivity contribution in [1.29, 1.82) is 0 Å². The summed E-state index contributed by atoms with van der Waals surface area (Å²) in [5, 5.41) is 10.8. The van der Waals surface area contributed by atoms with E-state index in [1.165, 1.54) is 6.07 Å². The average molecular weight is 382 g/mol. The Morgan fingerprint density at radius 1 is 1.00 bits per heavy atom. The predicted octanol–water partition coefficient (Wildman–Crippen LogP) is 5.79. The minimum atomic E-state index is -1.03. The fourth-order valence-corrected chi connectivity index (χ4v) is 3.77. The lowest BCUT2D eigenvalue weighted by molar-refractivity contribution is -0.158. The fourth-order valence-electron chi connectivity index (χ4n) is 3.77. The van der Waals surface area contributed by atoms with Gasteiger partial charge in [-0.25, -0.2) is 4.39 Å². The number of rotatable bonds is 3. The fraction of sp³-hybridized carbons (Fsp3) is 0.375. The number of aliphatic hydroxyl groups is 1. The molecule has 0 saturated carbocycles. The summed E-state index contributed by atoms with van der Waals surface area (Å²) in [6.07, 6.45) is 0.670. The molecule has 0 fully saturated rings. The highest BCUT2D eigenvalue weighted by Crippen LogP contribution is 2.41. The summed E-state index contributed by atoms with van der Waals surface area (Å²) in [7, 11) is 0. The lowest BCUT2D eigenvalue weighted by Crippen LogP contribution is -2.49. The van der Waals surface area contributed by atoms with Gasteiger partial charge in [0, 0.05) is 0 Å². The first-order valence-electron chi connectivity index (χ1n) is 9.56. The number of halogens is 1. The number of aryl methyl sites for hydroxylation is 2. The number of benzene rings is 2. The third kappa shape index (κ3) is 3.37. The maximum atomic E-state index is 14.0. The standard InChI is InChI=1S/C24H27FO3/c1-7-15-12-16(17-9-8-14(2)19(25)13-17)10-11-18(15)20-21(26)23(3,4)28-24(5,6)22(20)27/h8-13,26H,7H2,1-6H3. The summed E-state index contributed by atoms with van der Waals surface area (Å²) in [6.45, 7) is 10.7. The predicted molar refractivity (Wildman–Crippen MR) is 110 cm³/mol. The molecule has 0 amide bonds. The molecule has 1 heterocycles. The highest BCUT2D eigenvalue weighted by Gasteiger charge is 2.47. The van der Waals surface area contributed by atoms with Crippen LogP contribution in [0.4, 0.5) is 4.39 Å². The monoisotopic (exact) mass is 382 g/mol. The molecule has 0 aromatic heterocycles. The van der Waals surface area contributed by atoms with Crippen molar-refractivity contribution in [3.05, 3.63) is 64.7 Å². The van der Waals surface area contributed by atoms with Gasteiger partial charge in [-0.2, -0.15) is 0 Å². The van der Waals surface area contributed by atoms with Crippen LogP contribution in [0.2, 0.25) is 0 Å². The molecule has 28 heavy (non-hydrogen) atoms. The van der Waals surface area contributed by atoms with E-state index in [2.05, 4.69) is 0 Å². The Kier molecular flexibility index (Phi) is 4.96. The van der Waals surface area contributed by atoms with Crippen LogP contribution in [0.25, 0.3) is 16.7 Å². The van der Waals surface area contributed by atoms with Gasteiger partial charge in [0.2, 0.25) is 0 Å². The van der Waals surface area contributed by atoms with E-state index < -0.39 is 11.2 Å². The van der Waals surface area contributed by atoms with E-state index >= 15 is 0 Å². The number of ketones is 1. The molecule has 0 spiro atoms. The first-order valence-corrected chi connectivity index (χ1v) is 9.56. The van der Waals surface area contributed by atoms with Gasteiger partial charge in [0.05, 0.1) is 5.57 Å². The van der Waals surface area contributed by atoms with Gasteiger partial charge in [-0.05, 0) is 74.9 Å². The summed E-state index contributed by atoms with van der Waals surface area (Å²) < 4.78 is 19.8. The molecule has 1 aliphatic heterocycles. The van der Waals surface area contributed by atoms with E-state index in [4.69, 9.17) is 4.74 Å². The van der Waals surface area contributed by atoms with Crippen LogP contribution in [0.15, 0.2) is 42.2 Å². The van der Waals surface area contributed by atoms with Crippen molar-refractivity contribution in [2.75, 3.05) is 0 Å². The summed E-state index contributed by atoms with van der Waals surface area (Å²) in [5.41, 5.74) is 2.18. The Morgan fingerprint density at radius 2 is 1.61 bits per heavy atom. The molecular formula is C24H27FO3. The van der Waals surface area contributed by atoms with Crippen LogP contribution in [-0.4, -0.2) is 22.1 Å². The second-order valence-corrected chi connectivity index (χ2v) is 8.36. The summed E-state index contributed by atoms with van der Waals surface area (Å²) >= 11 is 0. The Bertz CT molecular complexity index is 983. The van der Waals surface area contributed by atoms with Gasteiger partial charge in [-0.15, -0.1) is 0 Å². The van der Waals surface area contributed by atoms with E-state index in [1.807, 2.05) is 31.2 Å². The lowest BCUT2D eigenvalue weighted by atomic mass is 9.81. The molecular weight excluding hydrogens is 355 g/mol. The number of ether oxygens (including phenoxy) is 1. The minimum Gasteiger partial charge on any atom is -0.508 e. The molecule has 0 radical (unpaired) electrons. The largest absolute Gasteiger partial charge is 0.508 e. The summed E-state index contributed by atoms with van der Waals surface area (Å²) in [6, 6.07) is 10.8. The molecule has 1 aliphatic rings. The zero-order valence-electron chi connectivity index (χ0n) is 17.3. The smallest absolute Gasteiger partial charge is 0.198 e. The van der Waals surface area contributed by atoms with E-state index in [9.17, 15) is 14.3 Å². The Morgan fingerprint density at radius 3 is 2.21 bits per heavy atom. The molecule has 2 aromatic carbocycles. The van der Waals surface area contributed by atoms with Crippen LogP contribution in [0, 0.1) is 12.7 Å². The van der Waals surface area contributed by atoms with Crippen molar-refractivity contribution in [1.82, 2.24) is 0 Å². The zero-order valence-corrected chi connectivity index (χ0v) is 17.3. The Balaban J connectivity index is 2.17. The number of Topliss-reactive ketones (excluding diaryl/α,β-unsaturated/α-hetero) is 1. The van der Waals surface area contributed by atoms with Crippen LogP contribution in [0.3, 0.4) is 0 Å². The molecule has 148 valence electrons. The van der Waals surface area contributed by atoms with Gasteiger partial charge in [-0.3, -0.25) is 4.79 Å². The third-order valence-corrected chi connectivity index (χ3v) is 5.35. The first-order chi connectivity index (χ1) is 13.0. The number of hydrogen-bond acceptors (Lipinski definition) is 3. The van der Waals surface area contributed by atoms with Crippen LogP contribution in [0.5, 0.6) is 0 Å². The lowest BCUT2D eigenvalue weighted by Gasteiger charge is -2.40. The first kappa shape index (κ1) is 20.3. The van der Waals surface area contributed by atoms with Gasteiger partial charge in [-0.1, -0.05) is 37.3 Å². The maximum absolute atomic E-state index is 14.0. The molecule has 1 N–H and O–H groups in total. The van der Waals surface area contributed by atoms with E-state index in [0.29, 0.717) is 23.1 Å². The van der Waals surface area contributed by atoms with E-state index in [1.54, 1.807) is 40.7 Å². The quantitative estimate of drug-likeness (QED) is 0.731. The van der Waals surface area contributed by atoms with E-state index in [-0.39, 0.29) is 17.4 Å². The maximum Gasteiger partial charge on any atom is 0.198 e. The van der Waals surface area contributed by atoms with E-state index in [0.717, 1.165) is 16.7 Å². The van der Waals surface area contributed by atoms with Crippen molar-refractivity contribution in [3.8, 4) is 11.1 Å². The van der Waals surface area contributed by atoms with Crippen molar-refractivity contribution >= 4 is 11.4 Å². The molecule has 3 nitrogen and oxygen atoms in total. The normalized spacial score (nSPS) is 18.5. The van der Waals surface area contributed by atoms with Crippen LogP contribution < -0.4 is 0 Å². The van der Waals surface area contributed by atoms with Gasteiger partial charge < -0.3 is 9.84 Å². The highest BCUT2D eigenvalue weighted by atomic mass is 19.1. The third-order valence-electron chi connectivity index (χ3n) is 5.35. The molecule has 0 aliphatic carbocycles. The molecule has 0 saturated heterocycles. The molecule has 0 unspecified atom stereocenters. The topological polar surface area (TPSA) is 46.5 Å². The molecule has 2 aromatic rings. The molecule has 0 bridgehead atoms. The van der Waals surface area contributed by atoms with Crippen LogP contribution >= 0.6 is 0 Å². The van der Waals surface area contributed by atoms with Crippen molar-refractivity contribution in [2.45, 2.75) is 59.2 Å². The molecule has 4 heteroatoms. The van der Waals surface area contributed by atoms with Crippen molar-refractivity contribution in [3.63, 3.8) is 0 Å². The summed E-state index contributed by atoms with van der Waals surface area (Å²) in [5.74, 6) is -0.545. The molecule has 3 rings (SSSR count). The SMILES string of the molecule is CCc1cc(-c2ccc(C)c(F)c2)ccc1C1=C(O)C(C)(C)OC(C)(C)C1=O. The van der Waals surface area contributed by atoms with Gasteiger partial charge >= 0.3 is 0 Å². The molecule has 0 atom stereocenters. The number of hydrogen-bond donors (Lipinski definition) is 1. The van der Waals surface area contributed by atoms with Crippen LogP contribution in [0.1, 0.15) is 51.3 Å². The second kappa shape index (κ2) is 6.85. The Hall–Kier alpha value is -2.46. The van der Waals surface area contributed by atoms with Crippen molar-refractivity contribution < 1.29 is 19.0 Å². The Labute approximate surface area is 165 Å². The van der Waals surface area contributed by atoms with Crippen molar-refractivity contribution in [2.24, 2.45) is 0 Å². The van der Waals surface area contributed by atoms with Crippen LogP contribution in [-0.2, 0) is 16.0 Å². The second-order valence-electron chi connectivity index (χ2n) is 8.36. The minimum absolute atomic E-state index is 0.0549. The van der Waals surface area contributed by atoms with Gasteiger partial charge in [0.15, 0.2) is 5.78 Å². The average Bonchev–Trinajstić information content (AvgIpc) is 2.62. The summed E-state index contributed by atoms with van der Waals surface area (Å²) in [4.78, 5) is 13.1.